The van der Waals surface area contributed by atoms with Crippen molar-refractivity contribution in [3.63, 3.8) is 0 Å². The van der Waals surface area contributed by atoms with E-state index in [4.69, 9.17) is 0 Å². The lowest BCUT2D eigenvalue weighted by Gasteiger charge is -2.04. The van der Waals surface area contributed by atoms with Crippen LogP contribution in [0.15, 0.2) is 59.7 Å². The molecular weight excluding hydrogens is 310 g/mol. The van der Waals surface area contributed by atoms with Gasteiger partial charge in [0.25, 0.3) is 11.8 Å². The molecule has 0 saturated carbocycles. The van der Waals surface area contributed by atoms with Gasteiger partial charge >= 0.3 is 0 Å². The Labute approximate surface area is 138 Å². The van der Waals surface area contributed by atoms with Gasteiger partial charge in [0.05, 0.1) is 18.7 Å². The lowest BCUT2D eigenvalue weighted by atomic mass is 10.1. The van der Waals surface area contributed by atoms with Gasteiger partial charge in [-0.25, -0.2) is 5.43 Å². The van der Waals surface area contributed by atoms with Gasteiger partial charge in [-0.15, -0.1) is 0 Å². The summed E-state index contributed by atoms with van der Waals surface area (Å²) in [4.78, 5) is 33.9. The molecule has 2 aromatic carbocycles. The standard InChI is InChI=1S/C17H15N3O4/c21-15(11-18-16(22)13-4-2-1-3-5-13)20-19-10-12-6-8-14(9-7-12)17(23)24/h1-10H,11H2,(H,18,22)(H,20,21)(H,23,24)/p-1/b19-10-. The molecule has 0 unspecified atom stereocenters. The summed E-state index contributed by atoms with van der Waals surface area (Å²) in [5, 5.41) is 16.8. The molecule has 0 bridgehead atoms. The number of carbonyl (C=O) groups excluding carboxylic acids is 3. The summed E-state index contributed by atoms with van der Waals surface area (Å²) in [6.07, 6.45) is 1.36. The highest BCUT2D eigenvalue weighted by molar-refractivity contribution is 5.96. The molecule has 0 atom stereocenters. The Kier molecular flexibility index (Phi) is 5.79. The molecule has 24 heavy (non-hydrogen) atoms. The fourth-order valence-electron chi connectivity index (χ4n) is 1.78. The Morgan fingerprint density at radius 1 is 0.958 bits per heavy atom. The minimum absolute atomic E-state index is 0.0554. The molecule has 0 heterocycles. The van der Waals surface area contributed by atoms with Crippen LogP contribution in [0.2, 0.25) is 0 Å². The molecule has 0 aromatic heterocycles. The van der Waals surface area contributed by atoms with E-state index in [0.29, 0.717) is 11.1 Å². The number of nitrogens with one attached hydrogen (secondary N) is 2. The number of rotatable bonds is 6. The predicted octanol–water partition coefficient (Wildman–Crippen LogP) is -0.0698. The Hall–Kier alpha value is -3.48. The number of carbonyl (C=O) groups is 3. The maximum Gasteiger partial charge on any atom is 0.259 e. The minimum Gasteiger partial charge on any atom is -0.545 e. The highest BCUT2D eigenvalue weighted by Gasteiger charge is 2.06. The Morgan fingerprint density at radius 3 is 2.25 bits per heavy atom. The van der Waals surface area contributed by atoms with Crippen LogP contribution in [-0.4, -0.2) is 30.5 Å². The van der Waals surface area contributed by atoms with Gasteiger partial charge in [0.1, 0.15) is 0 Å². The number of hydrazone groups is 1. The first-order valence-corrected chi connectivity index (χ1v) is 7.03. The first-order chi connectivity index (χ1) is 11.6. The lowest BCUT2D eigenvalue weighted by Crippen LogP contribution is -2.34. The molecule has 0 fully saturated rings. The average molecular weight is 324 g/mol. The van der Waals surface area contributed by atoms with Gasteiger partial charge in [0, 0.05) is 5.56 Å². The topological polar surface area (TPSA) is 111 Å². The van der Waals surface area contributed by atoms with Crippen molar-refractivity contribution in [2.45, 2.75) is 0 Å². The smallest absolute Gasteiger partial charge is 0.259 e. The second-order valence-corrected chi connectivity index (χ2v) is 4.75. The number of aromatic carboxylic acids is 1. The van der Waals surface area contributed by atoms with Gasteiger partial charge in [0.15, 0.2) is 0 Å². The third kappa shape index (κ3) is 5.06. The second-order valence-electron chi connectivity index (χ2n) is 4.75. The quantitative estimate of drug-likeness (QED) is 0.572. The molecule has 2 N–H and O–H groups in total. The van der Waals surface area contributed by atoms with Crippen LogP contribution in [0.1, 0.15) is 26.3 Å². The summed E-state index contributed by atoms with van der Waals surface area (Å²) >= 11 is 0. The van der Waals surface area contributed by atoms with E-state index in [1.807, 2.05) is 0 Å². The number of benzene rings is 2. The molecule has 0 radical (unpaired) electrons. The molecule has 2 rings (SSSR count). The highest BCUT2D eigenvalue weighted by atomic mass is 16.4. The van der Waals surface area contributed by atoms with Crippen molar-refractivity contribution in [1.82, 2.24) is 10.7 Å². The largest absolute Gasteiger partial charge is 0.545 e. The van der Waals surface area contributed by atoms with Gasteiger partial charge in [-0.2, -0.15) is 5.10 Å². The van der Waals surface area contributed by atoms with E-state index in [1.165, 1.54) is 30.5 Å². The number of hydrogen-bond acceptors (Lipinski definition) is 5. The zero-order valence-corrected chi connectivity index (χ0v) is 12.6. The fraction of sp³-hybridized carbons (Fsp3) is 0.0588. The van der Waals surface area contributed by atoms with Crippen LogP contribution in [0.3, 0.4) is 0 Å². The first kappa shape index (κ1) is 16.9. The molecule has 122 valence electrons. The summed E-state index contributed by atoms with van der Waals surface area (Å²) in [7, 11) is 0. The van der Waals surface area contributed by atoms with E-state index in [1.54, 1.807) is 30.3 Å². The van der Waals surface area contributed by atoms with Gasteiger partial charge < -0.3 is 15.2 Å². The Morgan fingerprint density at radius 2 is 1.62 bits per heavy atom. The summed E-state index contributed by atoms with van der Waals surface area (Å²) in [5.41, 5.74) is 3.38. The zero-order valence-electron chi connectivity index (χ0n) is 12.6. The number of nitrogens with zero attached hydrogens (tertiary/aromatic N) is 1. The molecular formula is C17H14N3O4-. The van der Waals surface area contributed by atoms with E-state index in [0.717, 1.165) is 0 Å². The van der Waals surface area contributed by atoms with E-state index in [2.05, 4.69) is 15.8 Å². The van der Waals surface area contributed by atoms with Crippen LogP contribution in [0.4, 0.5) is 0 Å². The molecule has 7 nitrogen and oxygen atoms in total. The van der Waals surface area contributed by atoms with Crippen molar-refractivity contribution in [2.24, 2.45) is 5.10 Å². The van der Waals surface area contributed by atoms with Crippen LogP contribution < -0.4 is 15.8 Å². The highest BCUT2D eigenvalue weighted by Crippen LogP contribution is 2.01. The predicted molar refractivity (Wildman–Crippen MR) is 85.3 cm³/mol. The zero-order chi connectivity index (χ0) is 17.4. The van der Waals surface area contributed by atoms with Gasteiger partial charge in [-0.05, 0) is 23.3 Å². The van der Waals surface area contributed by atoms with Gasteiger partial charge in [-0.1, -0.05) is 42.5 Å². The van der Waals surface area contributed by atoms with Crippen LogP contribution in [0.25, 0.3) is 0 Å². The number of carboxylic acids is 1. The molecule has 0 aliphatic heterocycles. The maximum absolute atomic E-state index is 11.7. The van der Waals surface area contributed by atoms with Crippen molar-refractivity contribution in [1.29, 1.82) is 0 Å². The van der Waals surface area contributed by atoms with Crippen molar-refractivity contribution in [3.05, 3.63) is 71.3 Å². The van der Waals surface area contributed by atoms with Crippen molar-refractivity contribution in [3.8, 4) is 0 Å². The van der Waals surface area contributed by atoms with Crippen LogP contribution in [0.5, 0.6) is 0 Å². The van der Waals surface area contributed by atoms with E-state index >= 15 is 0 Å². The molecule has 2 aromatic rings. The van der Waals surface area contributed by atoms with E-state index < -0.39 is 11.9 Å². The summed E-state index contributed by atoms with van der Waals surface area (Å²) < 4.78 is 0. The van der Waals surface area contributed by atoms with Gasteiger partial charge in [0.2, 0.25) is 0 Å². The molecule has 0 saturated heterocycles. The van der Waals surface area contributed by atoms with E-state index in [-0.39, 0.29) is 18.0 Å². The van der Waals surface area contributed by atoms with Gasteiger partial charge in [-0.3, -0.25) is 9.59 Å². The van der Waals surface area contributed by atoms with E-state index in [9.17, 15) is 19.5 Å². The molecule has 0 aliphatic rings. The monoisotopic (exact) mass is 324 g/mol. The summed E-state index contributed by atoms with van der Waals surface area (Å²) in [6.45, 7) is -0.214. The van der Waals surface area contributed by atoms with Crippen molar-refractivity contribution < 1.29 is 19.5 Å². The Balaban J connectivity index is 1.78. The average Bonchev–Trinajstić information content (AvgIpc) is 2.61. The third-order valence-electron chi connectivity index (χ3n) is 2.99. The molecule has 2 amide bonds. The van der Waals surface area contributed by atoms with Crippen LogP contribution >= 0.6 is 0 Å². The lowest BCUT2D eigenvalue weighted by molar-refractivity contribution is -0.255. The second kappa shape index (κ2) is 8.23. The first-order valence-electron chi connectivity index (χ1n) is 7.03. The number of carboxylic acid groups (broad SMARTS) is 1. The molecule has 7 heteroatoms. The van der Waals surface area contributed by atoms with Crippen LogP contribution in [-0.2, 0) is 4.79 Å². The molecule has 0 aliphatic carbocycles. The minimum atomic E-state index is -1.26. The Bertz CT molecular complexity index is 755. The number of amides is 2. The fourth-order valence-corrected chi connectivity index (χ4v) is 1.78. The number of hydrogen-bond donors (Lipinski definition) is 2. The van der Waals surface area contributed by atoms with Crippen molar-refractivity contribution >= 4 is 24.0 Å². The summed E-state index contributed by atoms with van der Waals surface area (Å²) in [6, 6.07) is 14.3. The SMILES string of the molecule is O=C(CNC(=O)c1ccccc1)N/N=C\c1ccc(C(=O)[O-])cc1. The molecule has 0 spiro atoms. The normalized spacial score (nSPS) is 10.3. The van der Waals surface area contributed by atoms with Crippen LogP contribution in [0, 0.1) is 0 Å². The summed E-state index contributed by atoms with van der Waals surface area (Å²) in [5.74, 6) is -2.10. The van der Waals surface area contributed by atoms with Crippen molar-refractivity contribution in [2.75, 3.05) is 6.54 Å². The maximum atomic E-state index is 11.7. The third-order valence-corrected chi connectivity index (χ3v) is 2.99.